The quantitative estimate of drug-likeness (QED) is 0.508. The lowest BCUT2D eigenvalue weighted by molar-refractivity contribution is -0.384. The molecule has 0 saturated heterocycles. The number of nitro benzene ring substituents is 1. The maximum absolute atomic E-state index is 10.9. The van der Waals surface area contributed by atoms with E-state index in [0.717, 1.165) is 17.7 Å². The summed E-state index contributed by atoms with van der Waals surface area (Å²) in [6, 6.07) is 4.91. The Morgan fingerprint density at radius 2 is 2.10 bits per heavy atom. The number of nitro groups is 1. The Kier molecular flexibility index (Phi) is 3.99. The molecule has 0 aliphatic carbocycles. The first kappa shape index (κ1) is 14.0. The predicted octanol–water partition coefficient (Wildman–Crippen LogP) is 1.54. The van der Waals surface area contributed by atoms with Crippen molar-refractivity contribution in [2.75, 3.05) is 12.8 Å². The summed E-state index contributed by atoms with van der Waals surface area (Å²) in [5.41, 5.74) is 7.68. The van der Waals surface area contributed by atoms with Crippen molar-refractivity contribution in [2.24, 2.45) is 7.05 Å². The van der Waals surface area contributed by atoms with Crippen molar-refractivity contribution in [3.05, 3.63) is 51.8 Å². The lowest BCUT2D eigenvalue weighted by Gasteiger charge is -2.15. The van der Waals surface area contributed by atoms with Crippen LogP contribution in [0.2, 0.25) is 0 Å². The maximum Gasteiger partial charge on any atom is 0.292 e. The van der Waals surface area contributed by atoms with Crippen LogP contribution in [0.3, 0.4) is 0 Å². The highest BCUT2D eigenvalue weighted by Crippen LogP contribution is 2.23. The Balaban J connectivity index is 2.06. The van der Waals surface area contributed by atoms with Gasteiger partial charge in [-0.1, -0.05) is 6.07 Å². The van der Waals surface area contributed by atoms with Gasteiger partial charge in [0.2, 0.25) is 0 Å². The van der Waals surface area contributed by atoms with E-state index in [1.54, 1.807) is 10.7 Å². The number of nitrogens with two attached hydrogens (primary N) is 1. The summed E-state index contributed by atoms with van der Waals surface area (Å²) in [5.74, 6) is 0. The number of benzene rings is 1. The number of hydrogen-bond donors (Lipinski definition) is 1. The Hall–Kier alpha value is -2.41. The zero-order valence-corrected chi connectivity index (χ0v) is 11.5. The molecule has 1 aromatic heterocycles. The van der Waals surface area contributed by atoms with Gasteiger partial charge in [-0.2, -0.15) is 5.10 Å². The van der Waals surface area contributed by atoms with Crippen LogP contribution in [-0.4, -0.2) is 26.7 Å². The second-order valence-electron chi connectivity index (χ2n) is 4.84. The molecule has 0 amide bonds. The molecule has 0 unspecified atom stereocenters. The Bertz CT molecular complexity index is 623. The first-order valence-electron chi connectivity index (χ1n) is 6.14. The SMILES string of the molecule is CN(Cc1ccc(N)c([N+](=O)[O-])c1)Cc1cnn(C)c1. The van der Waals surface area contributed by atoms with Crippen LogP contribution in [0.1, 0.15) is 11.1 Å². The average molecular weight is 275 g/mol. The van der Waals surface area contributed by atoms with Gasteiger partial charge >= 0.3 is 0 Å². The van der Waals surface area contributed by atoms with Gasteiger partial charge in [0.05, 0.1) is 11.1 Å². The molecule has 0 saturated carbocycles. The molecule has 106 valence electrons. The minimum Gasteiger partial charge on any atom is -0.393 e. The van der Waals surface area contributed by atoms with Crippen molar-refractivity contribution in [1.82, 2.24) is 14.7 Å². The molecule has 20 heavy (non-hydrogen) atoms. The fourth-order valence-corrected chi connectivity index (χ4v) is 2.08. The molecule has 2 aromatic rings. The molecule has 0 fully saturated rings. The van der Waals surface area contributed by atoms with Crippen molar-refractivity contribution >= 4 is 11.4 Å². The number of rotatable bonds is 5. The number of aromatic nitrogens is 2. The van der Waals surface area contributed by atoms with Crippen molar-refractivity contribution in [2.45, 2.75) is 13.1 Å². The summed E-state index contributed by atoms with van der Waals surface area (Å²) >= 11 is 0. The summed E-state index contributed by atoms with van der Waals surface area (Å²) in [5, 5.41) is 15.0. The number of nitrogens with zero attached hydrogens (tertiary/aromatic N) is 4. The van der Waals surface area contributed by atoms with Crippen LogP contribution in [-0.2, 0) is 20.1 Å². The van der Waals surface area contributed by atoms with Crippen LogP contribution in [0.4, 0.5) is 11.4 Å². The molecule has 0 aliphatic rings. The van der Waals surface area contributed by atoms with E-state index in [0.29, 0.717) is 6.54 Å². The van der Waals surface area contributed by atoms with Crippen molar-refractivity contribution in [3.63, 3.8) is 0 Å². The smallest absolute Gasteiger partial charge is 0.292 e. The van der Waals surface area contributed by atoms with Gasteiger partial charge in [-0.25, -0.2) is 0 Å². The van der Waals surface area contributed by atoms with Gasteiger partial charge in [-0.15, -0.1) is 0 Å². The lowest BCUT2D eigenvalue weighted by Crippen LogP contribution is -2.17. The summed E-state index contributed by atoms with van der Waals surface area (Å²) in [6.45, 7) is 1.34. The predicted molar refractivity (Wildman–Crippen MR) is 75.9 cm³/mol. The monoisotopic (exact) mass is 275 g/mol. The highest BCUT2D eigenvalue weighted by molar-refractivity contribution is 5.59. The summed E-state index contributed by atoms with van der Waals surface area (Å²) < 4.78 is 1.75. The highest BCUT2D eigenvalue weighted by Gasteiger charge is 2.13. The van der Waals surface area contributed by atoms with E-state index in [9.17, 15) is 10.1 Å². The van der Waals surface area contributed by atoms with Crippen molar-refractivity contribution < 1.29 is 4.92 Å². The van der Waals surface area contributed by atoms with Gasteiger partial charge in [0.25, 0.3) is 5.69 Å². The van der Waals surface area contributed by atoms with E-state index in [1.165, 1.54) is 6.07 Å². The highest BCUT2D eigenvalue weighted by atomic mass is 16.6. The minimum atomic E-state index is -0.458. The topological polar surface area (TPSA) is 90.2 Å². The summed E-state index contributed by atoms with van der Waals surface area (Å²) in [7, 11) is 3.82. The third-order valence-electron chi connectivity index (χ3n) is 2.95. The zero-order valence-electron chi connectivity index (χ0n) is 11.5. The van der Waals surface area contributed by atoms with Gasteiger partial charge in [0.1, 0.15) is 5.69 Å². The van der Waals surface area contributed by atoms with Gasteiger partial charge in [0, 0.05) is 38.0 Å². The molecule has 1 heterocycles. The Morgan fingerprint density at radius 3 is 2.70 bits per heavy atom. The van der Waals surface area contributed by atoms with Gasteiger partial charge in [-0.3, -0.25) is 19.7 Å². The molecule has 1 aromatic carbocycles. The van der Waals surface area contributed by atoms with E-state index < -0.39 is 4.92 Å². The maximum atomic E-state index is 10.9. The summed E-state index contributed by atoms with van der Waals surface area (Å²) in [4.78, 5) is 12.5. The standard InChI is InChI=1S/C13H17N5O2/c1-16(8-11-6-15-17(2)9-11)7-10-3-4-12(14)13(5-10)18(19)20/h3-6,9H,7-8,14H2,1-2H3. The third kappa shape index (κ3) is 3.33. The average Bonchev–Trinajstić information content (AvgIpc) is 2.76. The molecule has 0 aliphatic heterocycles. The van der Waals surface area contributed by atoms with Crippen LogP contribution < -0.4 is 5.73 Å². The van der Waals surface area contributed by atoms with Gasteiger partial charge in [-0.05, 0) is 18.7 Å². The zero-order chi connectivity index (χ0) is 14.7. The largest absolute Gasteiger partial charge is 0.393 e. The second kappa shape index (κ2) is 5.70. The number of aryl methyl sites for hydroxylation is 1. The van der Waals surface area contributed by atoms with Crippen LogP contribution in [0, 0.1) is 10.1 Å². The van der Waals surface area contributed by atoms with Gasteiger partial charge in [0.15, 0.2) is 0 Å². The van der Waals surface area contributed by atoms with Crippen molar-refractivity contribution in [1.29, 1.82) is 0 Å². The van der Waals surface area contributed by atoms with E-state index in [1.807, 2.05) is 32.6 Å². The molecule has 0 radical (unpaired) electrons. The van der Waals surface area contributed by atoms with Crippen molar-refractivity contribution in [3.8, 4) is 0 Å². The van der Waals surface area contributed by atoms with Crippen LogP contribution >= 0.6 is 0 Å². The molecule has 0 bridgehead atoms. The van der Waals surface area contributed by atoms with E-state index in [2.05, 4.69) is 10.00 Å². The molecular formula is C13H17N5O2. The molecular weight excluding hydrogens is 258 g/mol. The minimum absolute atomic E-state index is 0.0442. The first-order chi connectivity index (χ1) is 9.45. The fourth-order valence-electron chi connectivity index (χ4n) is 2.08. The number of hydrogen-bond acceptors (Lipinski definition) is 5. The molecule has 0 spiro atoms. The number of nitrogen functional groups attached to an aromatic ring is 1. The van der Waals surface area contributed by atoms with Crippen LogP contribution in [0.15, 0.2) is 30.6 Å². The Morgan fingerprint density at radius 1 is 1.40 bits per heavy atom. The first-order valence-corrected chi connectivity index (χ1v) is 6.14. The molecule has 7 heteroatoms. The fraction of sp³-hybridized carbons (Fsp3) is 0.308. The van der Waals surface area contributed by atoms with E-state index in [-0.39, 0.29) is 11.4 Å². The summed E-state index contributed by atoms with van der Waals surface area (Å²) in [6.07, 6.45) is 3.75. The van der Waals surface area contributed by atoms with E-state index in [4.69, 9.17) is 5.73 Å². The number of anilines is 1. The molecule has 7 nitrogen and oxygen atoms in total. The lowest BCUT2D eigenvalue weighted by atomic mass is 10.1. The third-order valence-corrected chi connectivity index (χ3v) is 2.95. The van der Waals surface area contributed by atoms with E-state index >= 15 is 0 Å². The Labute approximate surface area is 116 Å². The van der Waals surface area contributed by atoms with Crippen LogP contribution in [0.5, 0.6) is 0 Å². The molecule has 0 atom stereocenters. The van der Waals surface area contributed by atoms with Crippen LogP contribution in [0.25, 0.3) is 0 Å². The second-order valence-corrected chi connectivity index (χ2v) is 4.84. The molecule has 2 rings (SSSR count). The van der Waals surface area contributed by atoms with Gasteiger partial charge < -0.3 is 5.73 Å². The molecule has 2 N–H and O–H groups in total. The normalized spacial score (nSPS) is 10.9.